The Hall–Kier alpha value is -2.84. The number of anilines is 1. The van der Waals surface area contributed by atoms with Crippen molar-refractivity contribution >= 4 is 17.6 Å². The molecule has 0 bridgehead atoms. The van der Waals surface area contributed by atoms with Crippen LogP contribution in [0.3, 0.4) is 0 Å². The van der Waals surface area contributed by atoms with Gasteiger partial charge in [0.15, 0.2) is 11.7 Å². The minimum absolute atomic E-state index is 0.0546. The third-order valence-corrected chi connectivity index (χ3v) is 5.15. The van der Waals surface area contributed by atoms with Crippen LogP contribution in [0.15, 0.2) is 52.1 Å². The number of benzene rings is 1. The van der Waals surface area contributed by atoms with E-state index in [4.69, 9.17) is 9.15 Å². The molecule has 0 saturated carbocycles. The largest absolute Gasteiger partial charge is 0.459 e. The van der Waals surface area contributed by atoms with Crippen molar-refractivity contribution in [3.05, 3.63) is 54.0 Å². The lowest BCUT2D eigenvalue weighted by atomic mass is 9.84. The Bertz CT molecular complexity index is 829. The number of aliphatic hydroxyl groups excluding tert-OH is 1. The van der Waals surface area contributed by atoms with Gasteiger partial charge in [0.1, 0.15) is 0 Å². The topological polar surface area (TPSA) is 108 Å². The number of carbonyl (C=O) groups excluding carboxylic acids is 1. The molecule has 1 unspecified atom stereocenters. The van der Waals surface area contributed by atoms with Gasteiger partial charge in [0.25, 0.3) is 5.91 Å². The summed E-state index contributed by atoms with van der Waals surface area (Å²) in [5.74, 6) is 0.695. The van der Waals surface area contributed by atoms with E-state index in [0.29, 0.717) is 37.8 Å². The molecule has 1 aliphatic rings. The van der Waals surface area contributed by atoms with Crippen molar-refractivity contribution in [2.75, 3.05) is 38.2 Å². The minimum atomic E-state index is -0.288. The Morgan fingerprint density at radius 1 is 1.27 bits per heavy atom. The summed E-state index contributed by atoms with van der Waals surface area (Å²) in [5.41, 5.74) is 1.60. The van der Waals surface area contributed by atoms with Crippen LogP contribution >= 0.6 is 0 Å². The molecule has 4 N–H and O–H groups in total. The van der Waals surface area contributed by atoms with Gasteiger partial charge in [0, 0.05) is 37.4 Å². The van der Waals surface area contributed by atoms with E-state index in [2.05, 4.69) is 20.9 Å². The number of amides is 1. The van der Waals surface area contributed by atoms with Crippen LogP contribution in [0.5, 0.6) is 0 Å². The van der Waals surface area contributed by atoms with Crippen molar-refractivity contribution in [3.63, 3.8) is 0 Å². The smallest absolute Gasteiger partial charge is 0.291 e. The van der Waals surface area contributed by atoms with E-state index in [1.165, 1.54) is 6.26 Å². The van der Waals surface area contributed by atoms with Gasteiger partial charge in [0.05, 0.1) is 19.4 Å². The molecule has 8 nitrogen and oxygen atoms in total. The number of hydrogen-bond donors (Lipinski definition) is 4. The summed E-state index contributed by atoms with van der Waals surface area (Å²) >= 11 is 0. The maximum absolute atomic E-state index is 12.2. The first-order chi connectivity index (χ1) is 14.6. The molecule has 1 aromatic carbocycles. The molecule has 1 atom stereocenters. The molecule has 0 radical (unpaired) electrons. The molecule has 30 heavy (non-hydrogen) atoms. The molecule has 1 aromatic heterocycles. The van der Waals surface area contributed by atoms with Crippen molar-refractivity contribution in [2.24, 2.45) is 10.4 Å². The molecule has 8 heteroatoms. The summed E-state index contributed by atoms with van der Waals surface area (Å²) in [6, 6.07) is 10.9. The number of furan rings is 1. The molecule has 0 aliphatic carbocycles. The SMILES string of the molecule is CCNC(=NCc1cccc(NC(=O)c2ccco2)c1)NCC1(CCO)CCOC1. The van der Waals surface area contributed by atoms with E-state index in [-0.39, 0.29) is 23.7 Å². The van der Waals surface area contributed by atoms with Crippen LogP contribution in [-0.2, 0) is 11.3 Å². The van der Waals surface area contributed by atoms with Gasteiger partial charge in [-0.3, -0.25) is 4.79 Å². The Morgan fingerprint density at radius 3 is 2.87 bits per heavy atom. The summed E-state index contributed by atoms with van der Waals surface area (Å²) in [7, 11) is 0. The fraction of sp³-hybridized carbons (Fsp3) is 0.455. The molecular formula is C22H30N4O4. The second kappa shape index (κ2) is 10.8. The van der Waals surface area contributed by atoms with Gasteiger partial charge in [-0.1, -0.05) is 12.1 Å². The number of ether oxygens (including phenoxy) is 1. The van der Waals surface area contributed by atoms with E-state index in [1.807, 2.05) is 31.2 Å². The average molecular weight is 415 g/mol. The van der Waals surface area contributed by atoms with Crippen molar-refractivity contribution in [3.8, 4) is 0 Å². The predicted octanol–water partition coefficient (Wildman–Crippen LogP) is 2.38. The van der Waals surface area contributed by atoms with E-state index < -0.39 is 0 Å². The molecule has 1 amide bonds. The molecule has 2 heterocycles. The number of hydrogen-bond acceptors (Lipinski definition) is 5. The van der Waals surface area contributed by atoms with Crippen LogP contribution in [0.25, 0.3) is 0 Å². The van der Waals surface area contributed by atoms with Crippen LogP contribution in [0.1, 0.15) is 35.9 Å². The number of nitrogens with zero attached hydrogens (tertiary/aromatic N) is 1. The Kier molecular flexibility index (Phi) is 7.87. The van der Waals surface area contributed by atoms with Crippen molar-refractivity contribution in [1.29, 1.82) is 0 Å². The minimum Gasteiger partial charge on any atom is -0.459 e. The second-order valence-corrected chi connectivity index (χ2v) is 7.46. The van der Waals surface area contributed by atoms with Crippen molar-refractivity contribution in [2.45, 2.75) is 26.3 Å². The normalized spacial score (nSPS) is 18.9. The van der Waals surface area contributed by atoms with E-state index in [1.54, 1.807) is 12.1 Å². The maximum Gasteiger partial charge on any atom is 0.291 e. The van der Waals surface area contributed by atoms with Gasteiger partial charge in [-0.2, -0.15) is 0 Å². The van der Waals surface area contributed by atoms with Gasteiger partial charge in [-0.25, -0.2) is 4.99 Å². The summed E-state index contributed by atoms with van der Waals surface area (Å²) in [5, 5.41) is 18.9. The molecule has 1 aliphatic heterocycles. The van der Waals surface area contributed by atoms with Crippen LogP contribution in [0.2, 0.25) is 0 Å². The summed E-state index contributed by atoms with van der Waals surface area (Å²) in [6.07, 6.45) is 3.10. The van der Waals surface area contributed by atoms with Crippen molar-refractivity contribution in [1.82, 2.24) is 10.6 Å². The van der Waals surface area contributed by atoms with E-state index in [0.717, 1.165) is 25.1 Å². The van der Waals surface area contributed by atoms with Crippen LogP contribution < -0.4 is 16.0 Å². The Morgan fingerprint density at radius 2 is 2.17 bits per heavy atom. The second-order valence-electron chi connectivity index (χ2n) is 7.46. The summed E-state index contributed by atoms with van der Waals surface area (Å²) in [6.45, 7) is 5.44. The molecule has 3 rings (SSSR count). The first kappa shape index (κ1) is 21.9. The molecule has 162 valence electrons. The highest BCUT2D eigenvalue weighted by Crippen LogP contribution is 2.31. The molecule has 0 spiro atoms. The predicted molar refractivity (Wildman–Crippen MR) is 115 cm³/mol. The number of nitrogens with one attached hydrogen (secondary N) is 3. The quantitative estimate of drug-likeness (QED) is 0.371. The number of aliphatic imine (C=N–C) groups is 1. The lowest BCUT2D eigenvalue weighted by Gasteiger charge is -2.27. The van der Waals surface area contributed by atoms with E-state index in [9.17, 15) is 9.90 Å². The van der Waals surface area contributed by atoms with Crippen LogP contribution in [0.4, 0.5) is 5.69 Å². The third kappa shape index (κ3) is 6.08. The monoisotopic (exact) mass is 414 g/mol. The van der Waals surface area contributed by atoms with Gasteiger partial charge in [-0.15, -0.1) is 0 Å². The number of carbonyl (C=O) groups is 1. The molecule has 1 fully saturated rings. The van der Waals surface area contributed by atoms with Crippen LogP contribution in [0, 0.1) is 5.41 Å². The lowest BCUT2D eigenvalue weighted by molar-refractivity contribution is 0.0996. The fourth-order valence-corrected chi connectivity index (χ4v) is 3.44. The highest BCUT2D eigenvalue weighted by molar-refractivity contribution is 6.02. The fourth-order valence-electron chi connectivity index (χ4n) is 3.44. The van der Waals surface area contributed by atoms with Gasteiger partial charge in [0.2, 0.25) is 0 Å². The molecule has 2 aromatic rings. The maximum atomic E-state index is 12.2. The zero-order valence-corrected chi connectivity index (χ0v) is 17.3. The van der Waals surface area contributed by atoms with Gasteiger partial charge in [-0.05, 0) is 49.6 Å². The first-order valence-electron chi connectivity index (χ1n) is 10.3. The molecule has 1 saturated heterocycles. The zero-order valence-electron chi connectivity index (χ0n) is 17.3. The third-order valence-electron chi connectivity index (χ3n) is 5.15. The van der Waals surface area contributed by atoms with Gasteiger partial charge < -0.3 is 30.2 Å². The van der Waals surface area contributed by atoms with Crippen molar-refractivity contribution < 1.29 is 19.1 Å². The van der Waals surface area contributed by atoms with E-state index >= 15 is 0 Å². The summed E-state index contributed by atoms with van der Waals surface area (Å²) in [4.78, 5) is 16.8. The first-order valence-corrected chi connectivity index (χ1v) is 10.3. The zero-order chi connectivity index (χ0) is 21.2. The lowest BCUT2D eigenvalue weighted by Crippen LogP contribution is -2.44. The Balaban J connectivity index is 1.60. The number of aliphatic hydroxyl groups is 1. The van der Waals surface area contributed by atoms with Crippen LogP contribution in [-0.4, -0.2) is 49.9 Å². The highest BCUT2D eigenvalue weighted by atomic mass is 16.5. The molecular weight excluding hydrogens is 384 g/mol. The Labute approximate surface area is 176 Å². The standard InChI is InChI=1S/C22H30N4O4/c1-2-23-21(25-15-22(8-10-27)9-12-29-16-22)24-14-17-5-3-6-18(13-17)26-20(28)19-7-4-11-30-19/h3-7,11,13,27H,2,8-10,12,14-16H2,1H3,(H,26,28)(H2,23,24,25). The number of rotatable bonds is 9. The van der Waals surface area contributed by atoms with Gasteiger partial charge >= 0.3 is 0 Å². The highest BCUT2D eigenvalue weighted by Gasteiger charge is 2.34. The average Bonchev–Trinajstić information content (AvgIpc) is 3.44. The summed E-state index contributed by atoms with van der Waals surface area (Å²) < 4.78 is 10.7. The number of guanidine groups is 1.